The molecular weight excluding hydrogens is 235 g/mol. The molecular formula is C11H12ClFO3. The second-order valence-electron chi connectivity index (χ2n) is 3.37. The lowest BCUT2D eigenvalue weighted by molar-refractivity contribution is -0.137. The van der Waals surface area contributed by atoms with Crippen LogP contribution in [0.2, 0.25) is 0 Å². The first-order chi connectivity index (χ1) is 7.52. The summed E-state index contributed by atoms with van der Waals surface area (Å²) in [6.45, 7) is 0. The third-order valence-electron chi connectivity index (χ3n) is 2.07. The molecule has 0 aliphatic heterocycles. The van der Waals surface area contributed by atoms with Crippen LogP contribution in [0.15, 0.2) is 18.2 Å². The predicted molar refractivity (Wildman–Crippen MR) is 58.5 cm³/mol. The summed E-state index contributed by atoms with van der Waals surface area (Å²) in [6.07, 6.45) is 0.171. The number of ether oxygens (including phenoxy) is 1. The van der Waals surface area contributed by atoms with E-state index in [-0.39, 0.29) is 12.2 Å². The van der Waals surface area contributed by atoms with Crippen molar-refractivity contribution in [1.29, 1.82) is 0 Å². The highest BCUT2D eigenvalue weighted by Gasteiger charge is 2.12. The van der Waals surface area contributed by atoms with Gasteiger partial charge in [0.2, 0.25) is 0 Å². The van der Waals surface area contributed by atoms with Gasteiger partial charge in [0.15, 0.2) is 11.6 Å². The quantitative estimate of drug-likeness (QED) is 0.812. The van der Waals surface area contributed by atoms with E-state index in [1.165, 1.54) is 19.2 Å². The van der Waals surface area contributed by atoms with Gasteiger partial charge in [-0.15, -0.1) is 11.6 Å². The molecule has 0 fully saturated rings. The van der Waals surface area contributed by atoms with Crippen LogP contribution in [-0.2, 0) is 11.2 Å². The highest BCUT2D eigenvalue weighted by atomic mass is 35.5. The minimum atomic E-state index is -0.964. The van der Waals surface area contributed by atoms with E-state index in [2.05, 4.69) is 0 Å². The minimum absolute atomic E-state index is 0.144. The normalized spacial score (nSPS) is 12.2. The molecule has 0 aromatic heterocycles. The van der Waals surface area contributed by atoms with Crippen LogP contribution in [0.1, 0.15) is 12.0 Å². The molecule has 0 saturated carbocycles. The maximum atomic E-state index is 13.3. The summed E-state index contributed by atoms with van der Waals surface area (Å²) >= 11 is 5.80. The number of alkyl halides is 1. The van der Waals surface area contributed by atoms with E-state index in [1.54, 1.807) is 6.07 Å². The fourth-order valence-corrected chi connectivity index (χ4v) is 1.66. The van der Waals surface area contributed by atoms with Gasteiger partial charge in [-0.3, -0.25) is 4.79 Å². The van der Waals surface area contributed by atoms with E-state index < -0.39 is 17.2 Å². The van der Waals surface area contributed by atoms with Crippen molar-refractivity contribution in [2.45, 2.75) is 18.2 Å². The van der Waals surface area contributed by atoms with Gasteiger partial charge in [-0.05, 0) is 24.1 Å². The number of carboxylic acid groups (broad SMARTS) is 1. The predicted octanol–water partition coefficient (Wildman–Crippen LogP) is 2.46. The van der Waals surface area contributed by atoms with Gasteiger partial charge in [-0.1, -0.05) is 6.07 Å². The number of hydrogen-bond donors (Lipinski definition) is 1. The van der Waals surface area contributed by atoms with Gasteiger partial charge in [0.25, 0.3) is 0 Å². The molecule has 1 rings (SSSR count). The van der Waals surface area contributed by atoms with Crippen LogP contribution in [0.25, 0.3) is 0 Å². The molecule has 1 N–H and O–H groups in total. The molecule has 0 spiro atoms. The number of hydrogen-bond acceptors (Lipinski definition) is 2. The van der Waals surface area contributed by atoms with Crippen molar-refractivity contribution in [3.63, 3.8) is 0 Å². The average Bonchev–Trinajstić information content (AvgIpc) is 2.16. The third kappa shape index (κ3) is 3.70. The topological polar surface area (TPSA) is 46.5 Å². The molecule has 5 heteroatoms. The van der Waals surface area contributed by atoms with Crippen molar-refractivity contribution in [3.05, 3.63) is 29.6 Å². The molecule has 88 valence electrons. The van der Waals surface area contributed by atoms with Gasteiger partial charge in [0.1, 0.15) is 0 Å². The SMILES string of the molecule is COc1ccc(CC(Cl)CC(=O)O)cc1F. The fourth-order valence-electron chi connectivity index (χ4n) is 1.35. The summed E-state index contributed by atoms with van der Waals surface area (Å²) < 4.78 is 18.0. The van der Waals surface area contributed by atoms with Gasteiger partial charge >= 0.3 is 5.97 Å². The van der Waals surface area contributed by atoms with E-state index >= 15 is 0 Å². The van der Waals surface area contributed by atoms with Crippen LogP contribution in [0, 0.1) is 5.82 Å². The lowest BCUT2D eigenvalue weighted by Crippen LogP contribution is -2.10. The number of benzene rings is 1. The van der Waals surface area contributed by atoms with Crippen molar-refractivity contribution in [2.75, 3.05) is 7.11 Å². The van der Waals surface area contributed by atoms with Crippen molar-refractivity contribution >= 4 is 17.6 Å². The Balaban J connectivity index is 2.67. The zero-order valence-corrected chi connectivity index (χ0v) is 9.50. The summed E-state index contributed by atoms with van der Waals surface area (Å²) in [4.78, 5) is 10.4. The third-order valence-corrected chi connectivity index (χ3v) is 2.38. The molecule has 0 saturated heterocycles. The fraction of sp³-hybridized carbons (Fsp3) is 0.364. The van der Waals surface area contributed by atoms with E-state index in [0.29, 0.717) is 12.0 Å². The molecule has 0 amide bonds. The Bertz CT molecular complexity index is 381. The van der Waals surface area contributed by atoms with Crippen LogP contribution < -0.4 is 4.74 Å². The maximum Gasteiger partial charge on any atom is 0.304 e. The molecule has 1 unspecified atom stereocenters. The molecule has 0 aliphatic rings. The van der Waals surface area contributed by atoms with E-state index in [1.807, 2.05) is 0 Å². The van der Waals surface area contributed by atoms with Crippen molar-refractivity contribution in [3.8, 4) is 5.75 Å². The minimum Gasteiger partial charge on any atom is -0.494 e. The van der Waals surface area contributed by atoms with Crippen molar-refractivity contribution in [2.24, 2.45) is 0 Å². The van der Waals surface area contributed by atoms with Crippen LogP contribution in [0.3, 0.4) is 0 Å². The molecule has 0 aliphatic carbocycles. The van der Waals surface area contributed by atoms with E-state index in [0.717, 1.165) is 0 Å². The van der Waals surface area contributed by atoms with Crippen molar-refractivity contribution in [1.82, 2.24) is 0 Å². The number of rotatable bonds is 5. The summed E-state index contributed by atoms with van der Waals surface area (Å²) in [5, 5.41) is 7.98. The van der Waals surface area contributed by atoms with E-state index in [9.17, 15) is 9.18 Å². The number of methoxy groups -OCH3 is 1. The Hall–Kier alpha value is -1.29. The smallest absolute Gasteiger partial charge is 0.304 e. The standard InChI is InChI=1S/C11H12ClFO3/c1-16-10-3-2-7(5-9(10)13)4-8(12)6-11(14)15/h2-3,5,8H,4,6H2,1H3,(H,14,15). The Kier molecular flexibility index (Phi) is 4.55. The molecule has 3 nitrogen and oxygen atoms in total. The lowest BCUT2D eigenvalue weighted by atomic mass is 10.1. The molecule has 0 radical (unpaired) electrons. The zero-order chi connectivity index (χ0) is 12.1. The summed E-state index contributed by atoms with van der Waals surface area (Å²) in [6, 6.07) is 4.46. The van der Waals surface area contributed by atoms with Gasteiger partial charge < -0.3 is 9.84 Å². The second-order valence-corrected chi connectivity index (χ2v) is 3.99. The van der Waals surface area contributed by atoms with Crippen LogP contribution in [0.4, 0.5) is 4.39 Å². The largest absolute Gasteiger partial charge is 0.494 e. The maximum absolute atomic E-state index is 13.3. The Morgan fingerprint density at radius 1 is 1.62 bits per heavy atom. The average molecular weight is 247 g/mol. The number of carboxylic acids is 1. The summed E-state index contributed by atoms with van der Waals surface area (Å²) in [5.74, 6) is -1.28. The molecule has 0 bridgehead atoms. The Morgan fingerprint density at radius 2 is 2.31 bits per heavy atom. The van der Waals surface area contributed by atoms with Gasteiger partial charge in [0, 0.05) is 5.38 Å². The van der Waals surface area contributed by atoms with Gasteiger partial charge in [-0.2, -0.15) is 0 Å². The monoisotopic (exact) mass is 246 g/mol. The first-order valence-electron chi connectivity index (χ1n) is 4.71. The van der Waals surface area contributed by atoms with Crippen LogP contribution >= 0.6 is 11.6 Å². The zero-order valence-electron chi connectivity index (χ0n) is 8.74. The lowest BCUT2D eigenvalue weighted by Gasteiger charge is -2.08. The first kappa shape index (κ1) is 12.8. The Labute approximate surface area is 97.8 Å². The Morgan fingerprint density at radius 3 is 2.81 bits per heavy atom. The van der Waals surface area contributed by atoms with Crippen LogP contribution in [-0.4, -0.2) is 23.6 Å². The number of carbonyl (C=O) groups is 1. The number of halogens is 2. The molecule has 1 aromatic carbocycles. The van der Waals surface area contributed by atoms with E-state index in [4.69, 9.17) is 21.4 Å². The van der Waals surface area contributed by atoms with Crippen molar-refractivity contribution < 1.29 is 19.0 Å². The van der Waals surface area contributed by atoms with Gasteiger partial charge in [0.05, 0.1) is 13.5 Å². The number of aliphatic carboxylic acids is 1. The first-order valence-corrected chi connectivity index (χ1v) is 5.15. The molecule has 0 heterocycles. The van der Waals surface area contributed by atoms with Crippen LogP contribution in [0.5, 0.6) is 5.75 Å². The molecule has 1 aromatic rings. The summed E-state index contributed by atoms with van der Waals surface area (Å²) in [5.41, 5.74) is 0.652. The molecule has 16 heavy (non-hydrogen) atoms. The highest BCUT2D eigenvalue weighted by Crippen LogP contribution is 2.20. The highest BCUT2D eigenvalue weighted by molar-refractivity contribution is 6.21. The molecule has 1 atom stereocenters. The second kappa shape index (κ2) is 5.70. The van der Waals surface area contributed by atoms with Gasteiger partial charge in [-0.25, -0.2) is 4.39 Å². The summed E-state index contributed by atoms with van der Waals surface area (Å²) in [7, 11) is 1.38.